The van der Waals surface area contributed by atoms with E-state index >= 15 is 0 Å². The number of hydrogen-bond donors (Lipinski definition) is 0. The molecular formula is C12H17N5O2S. The molecule has 8 heteroatoms. The van der Waals surface area contributed by atoms with Crippen LogP contribution in [0.15, 0.2) is 9.05 Å². The summed E-state index contributed by atoms with van der Waals surface area (Å²) >= 11 is 1.67. The van der Waals surface area contributed by atoms with Gasteiger partial charge in [0, 0.05) is 5.92 Å². The molecule has 0 unspecified atom stereocenters. The first-order chi connectivity index (χ1) is 9.74. The molecule has 20 heavy (non-hydrogen) atoms. The van der Waals surface area contributed by atoms with Crippen LogP contribution in [0.5, 0.6) is 0 Å². The summed E-state index contributed by atoms with van der Waals surface area (Å²) in [7, 11) is 1.96. The predicted molar refractivity (Wildman–Crippen MR) is 73.0 cm³/mol. The van der Waals surface area contributed by atoms with Gasteiger partial charge in [0.05, 0.1) is 18.8 Å². The first kappa shape index (κ1) is 13.6. The predicted octanol–water partition coefficient (Wildman–Crippen LogP) is 1.82. The molecule has 1 aliphatic carbocycles. The maximum absolute atomic E-state index is 5.25. The minimum atomic E-state index is 0.517. The van der Waals surface area contributed by atoms with Crippen molar-refractivity contribution < 1.29 is 9.05 Å². The molecule has 1 saturated carbocycles. The minimum Gasteiger partial charge on any atom is -0.338 e. The monoisotopic (exact) mass is 295 g/mol. The van der Waals surface area contributed by atoms with Gasteiger partial charge in [0.25, 0.3) is 0 Å². The second-order valence-electron chi connectivity index (χ2n) is 5.03. The van der Waals surface area contributed by atoms with Crippen molar-refractivity contribution in [2.75, 3.05) is 13.3 Å². The van der Waals surface area contributed by atoms with Crippen LogP contribution >= 0.6 is 11.8 Å². The Balaban J connectivity index is 1.53. The summed E-state index contributed by atoms with van der Waals surface area (Å²) in [4.78, 5) is 10.7. The van der Waals surface area contributed by atoms with E-state index in [-0.39, 0.29) is 0 Å². The van der Waals surface area contributed by atoms with E-state index in [1.54, 1.807) is 11.8 Å². The van der Waals surface area contributed by atoms with Gasteiger partial charge in [-0.2, -0.15) is 21.7 Å². The van der Waals surface area contributed by atoms with Gasteiger partial charge >= 0.3 is 0 Å². The van der Waals surface area contributed by atoms with Gasteiger partial charge in [0.2, 0.25) is 11.8 Å². The molecule has 0 bridgehead atoms. The summed E-state index contributed by atoms with van der Waals surface area (Å²) in [5, 5.41) is 7.92. The van der Waals surface area contributed by atoms with Crippen molar-refractivity contribution in [1.29, 1.82) is 0 Å². The topological polar surface area (TPSA) is 81.1 Å². The Labute approximate surface area is 121 Å². The van der Waals surface area contributed by atoms with Gasteiger partial charge in [-0.1, -0.05) is 10.3 Å². The third-order valence-electron chi connectivity index (χ3n) is 3.02. The SMILES string of the molecule is CSCc1noc(CN(C)Cc2nc(C3CC3)no2)n1. The lowest BCUT2D eigenvalue weighted by Gasteiger charge is -2.10. The number of thioether (sulfide) groups is 1. The lowest BCUT2D eigenvalue weighted by molar-refractivity contribution is 0.229. The summed E-state index contributed by atoms with van der Waals surface area (Å²) in [5.41, 5.74) is 0. The van der Waals surface area contributed by atoms with Crippen LogP contribution in [0.25, 0.3) is 0 Å². The zero-order valence-electron chi connectivity index (χ0n) is 11.6. The Morgan fingerprint density at radius 1 is 1.15 bits per heavy atom. The Bertz CT molecular complexity index is 566. The minimum absolute atomic E-state index is 0.517. The zero-order chi connectivity index (χ0) is 13.9. The van der Waals surface area contributed by atoms with Crippen LogP contribution in [0.3, 0.4) is 0 Å². The molecule has 0 aliphatic heterocycles. The van der Waals surface area contributed by atoms with Crippen LogP contribution < -0.4 is 0 Å². The van der Waals surface area contributed by atoms with Crippen molar-refractivity contribution >= 4 is 11.8 Å². The maximum atomic E-state index is 5.25. The molecule has 0 radical (unpaired) electrons. The van der Waals surface area contributed by atoms with Gasteiger partial charge in [0.15, 0.2) is 11.6 Å². The second kappa shape index (κ2) is 5.92. The summed E-state index contributed by atoms with van der Waals surface area (Å²) in [5.74, 6) is 4.10. The number of nitrogens with zero attached hydrogens (tertiary/aromatic N) is 5. The molecule has 1 aliphatic rings. The Hall–Kier alpha value is -1.41. The van der Waals surface area contributed by atoms with E-state index in [4.69, 9.17) is 9.05 Å². The van der Waals surface area contributed by atoms with Gasteiger partial charge in [-0.25, -0.2) is 0 Å². The Morgan fingerprint density at radius 3 is 2.55 bits per heavy atom. The molecule has 3 rings (SSSR count). The molecule has 0 N–H and O–H groups in total. The lowest BCUT2D eigenvalue weighted by atomic mass is 10.4. The zero-order valence-corrected chi connectivity index (χ0v) is 12.4. The largest absolute Gasteiger partial charge is 0.338 e. The average molecular weight is 295 g/mol. The van der Waals surface area contributed by atoms with Crippen LogP contribution in [0.2, 0.25) is 0 Å². The molecule has 0 saturated heterocycles. The van der Waals surface area contributed by atoms with Gasteiger partial charge in [-0.05, 0) is 26.1 Å². The number of aromatic nitrogens is 4. The molecule has 108 valence electrons. The molecule has 1 fully saturated rings. The van der Waals surface area contributed by atoms with Gasteiger partial charge in [-0.3, -0.25) is 4.90 Å². The lowest BCUT2D eigenvalue weighted by Crippen LogP contribution is -2.17. The molecule has 0 aromatic carbocycles. The normalized spacial score (nSPS) is 15.2. The third-order valence-corrected chi connectivity index (χ3v) is 3.57. The highest BCUT2D eigenvalue weighted by Crippen LogP contribution is 2.38. The Kier molecular flexibility index (Phi) is 4.02. The van der Waals surface area contributed by atoms with Gasteiger partial charge in [0.1, 0.15) is 0 Å². The Morgan fingerprint density at radius 2 is 1.85 bits per heavy atom. The first-order valence-corrected chi connectivity index (χ1v) is 7.95. The van der Waals surface area contributed by atoms with E-state index in [9.17, 15) is 0 Å². The summed E-state index contributed by atoms with van der Waals surface area (Å²) in [6.07, 6.45) is 4.36. The molecule has 2 heterocycles. The summed E-state index contributed by atoms with van der Waals surface area (Å²) in [6.45, 7) is 1.16. The van der Waals surface area contributed by atoms with Crippen LogP contribution in [0, 0.1) is 0 Å². The van der Waals surface area contributed by atoms with Crippen molar-refractivity contribution in [1.82, 2.24) is 25.2 Å². The highest BCUT2D eigenvalue weighted by molar-refractivity contribution is 7.97. The maximum Gasteiger partial charge on any atom is 0.240 e. The van der Waals surface area contributed by atoms with Crippen molar-refractivity contribution in [3.63, 3.8) is 0 Å². The number of hydrogen-bond acceptors (Lipinski definition) is 8. The molecule has 0 amide bonds. The molecule has 7 nitrogen and oxygen atoms in total. The highest BCUT2D eigenvalue weighted by atomic mass is 32.2. The van der Waals surface area contributed by atoms with Crippen molar-refractivity contribution in [3.8, 4) is 0 Å². The fourth-order valence-corrected chi connectivity index (χ4v) is 2.27. The van der Waals surface area contributed by atoms with Crippen molar-refractivity contribution in [3.05, 3.63) is 23.4 Å². The van der Waals surface area contributed by atoms with Crippen molar-refractivity contribution in [2.45, 2.75) is 37.6 Å². The molecule has 2 aromatic heterocycles. The first-order valence-electron chi connectivity index (χ1n) is 6.56. The van der Waals surface area contributed by atoms with E-state index in [0.717, 1.165) is 17.4 Å². The van der Waals surface area contributed by atoms with Gasteiger partial charge < -0.3 is 9.05 Å². The van der Waals surface area contributed by atoms with Crippen LogP contribution in [0.1, 0.15) is 42.2 Å². The van der Waals surface area contributed by atoms with Crippen LogP contribution in [-0.2, 0) is 18.8 Å². The standard InChI is InChI=1S/C12H17N5O2S/c1-17(5-10-13-9(7-20-2)15-18-10)6-11-14-12(16-19-11)8-3-4-8/h8H,3-7H2,1-2H3. The van der Waals surface area contributed by atoms with E-state index in [1.807, 2.05) is 18.2 Å². The smallest absolute Gasteiger partial charge is 0.240 e. The average Bonchev–Trinajstić information content (AvgIpc) is 3.02. The fraction of sp³-hybridized carbons (Fsp3) is 0.667. The molecule has 0 spiro atoms. The number of rotatable bonds is 7. The van der Waals surface area contributed by atoms with E-state index in [0.29, 0.717) is 30.8 Å². The summed E-state index contributed by atoms with van der Waals surface area (Å²) < 4.78 is 10.4. The summed E-state index contributed by atoms with van der Waals surface area (Å²) in [6, 6.07) is 0. The van der Waals surface area contributed by atoms with Crippen LogP contribution in [0.4, 0.5) is 0 Å². The van der Waals surface area contributed by atoms with E-state index < -0.39 is 0 Å². The van der Waals surface area contributed by atoms with Crippen LogP contribution in [-0.4, -0.2) is 38.5 Å². The molecule has 0 atom stereocenters. The quantitative estimate of drug-likeness (QED) is 0.765. The fourth-order valence-electron chi connectivity index (χ4n) is 1.90. The van der Waals surface area contributed by atoms with E-state index in [1.165, 1.54) is 12.8 Å². The molecular weight excluding hydrogens is 278 g/mol. The highest BCUT2D eigenvalue weighted by Gasteiger charge is 2.28. The third kappa shape index (κ3) is 3.37. The molecule has 2 aromatic rings. The second-order valence-corrected chi connectivity index (χ2v) is 5.90. The van der Waals surface area contributed by atoms with Gasteiger partial charge in [-0.15, -0.1) is 0 Å². The van der Waals surface area contributed by atoms with Crippen molar-refractivity contribution in [2.24, 2.45) is 0 Å². The van der Waals surface area contributed by atoms with E-state index in [2.05, 4.69) is 20.3 Å².